The van der Waals surface area contributed by atoms with Gasteiger partial charge in [-0.3, -0.25) is 0 Å². The zero-order valence-electron chi connectivity index (χ0n) is 9.90. The van der Waals surface area contributed by atoms with Gasteiger partial charge in [0.25, 0.3) is 0 Å². The predicted molar refractivity (Wildman–Crippen MR) is 76.5 cm³/mol. The maximum absolute atomic E-state index is 4.40. The highest BCUT2D eigenvalue weighted by Gasteiger charge is 2.15. The third kappa shape index (κ3) is 2.94. The monoisotopic (exact) mass is 310 g/mol. The molecule has 1 aromatic heterocycles. The fourth-order valence-corrected chi connectivity index (χ4v) is 2.85. The van der Waals surface area contributed by atoms with E-state index in [0.29, 0.717) is 0 Å². The molecule has 1 heterocycles. The molecule has 0 aliphatic heterocycles. The summed E-state index contributed by atoms with van der Waals surface area (Å²) in [5.41, 5.74) is 2.50. The average Bonchev–Trinajstić information content (AvgIpc) is 2.83. The van der Waals surface area contributed by atoms with Crippen LogP contribution in [-0.4, -0.2) is 11.5 Å². The molecule has 0 fully saturated rings. The van der Waals surface area contributed by atoms with Gasteiger partial charge < -0.3 is 5.32 Å². The van der Waals surface area contributed by atoms with Crippen LogP contribution in [0.2, 0.25) is 0 Å². The summed E-state index contributed by atoms with van der Waals surface area (Å²) in [7, 11) is 0. The number of thiazole rings is 1. The number of hydrogen-bond donors (Lipinski definition) is 1. The Balaban J connectivity index is 2.35. The van der Waals surface area contributed by atoms with E-state index >= 15 is 0 Å². The van der Waals surface area contributed by atoms with Crippen molar-refractivity contribution >= 4 is 27.3 Å². The smallest absolute Gasteiger partial charge is 0.114 e. The first-order chi connectivity index (χ1) is 8.22. The summed E-state index contributed by atoms with van der Waals surface area (Å²) < 4.78 is 1.15. The van der Waals surface area contributed by atoms with E-state index in [-0.39, 0.29) is 6.04 Å². The van der Waals surface area contributed by atoms with E-state index in [1.54, 1.807) is 11.3 Å². The third-order valence-corrected chi connectivity index (χ3v) is 4.33. The van der Waals surface area contributed by atoms with Crippen LogP contribution in [0.1, 0.15) is 29.1 Å². The molecule has 1 N–H and O–H groups in total. The minimum atomic E-state index is 0.192. The zero-order valence-corrected chi connectivity index (χ0v) is 12.3. The Morgan fingerprint density at radius 3 is 2.88 bits per heavy atom. The fourth-order valence-electron chi connectivity index (χ4n) is 1.72. The maximum atomic E-state index is 4.40. The van der Waals surface area contributed by atoms with Crippen molar-refractivity contribution in [1.29, 1.82) is 0 Å². The van der Waals surface area contributed by atoms with Crippen molar-refractivity contribution in [2.24, 2.45) is 0 Å². The molecule has 1 unspecified atom stereocenters. The van der Waals surface area contributed by atoms with Crippen molar-refractivity contribution in [1.82, 2.24) is 10.3 Å². The lowest BCUT2D eigenvalue weighted by molar-refractivity contribution is 0.627. The topological polar surface area (TPSA) is 24.9 Å². The average molecular weight is 311 g/mol. The fraction of sp³-hybridized carbons (Fsp3) is 0.308. The number of nitrogens with one attached hydrogen (secondary N) is 1. The van der Waals surface area contributed by atoms with Gasteiger partial charge in [-0.2, -0.15) is 0 Å². The van der Waals surface area contributed by atoms with Crippen LogP contribution in [0.3, 0.4) is 0 Å². The molecule has 2 rings (SSSR count). The Hall–Kier alpha value is -0.710. The minimum Gasteiger partial charge on any atom is -0.305 e. The molecule has 1 aromatic carbocycles. The molecule has 90 valence electrons. The van der Waals surface area contributed by atoms with E-state index in [1.165, 1.54) is 11.1 Å². The van der Waals surface area contributed by atoms with Crippen molar-refractivity contribution in [3.05, 3.63) is 50.4 Å². The highest BCUT2D eigenvalue weighted by Crippen LogP contribution is 2.27. The quantitative estimate of drug-likeness (QED) is 0.926. The number of aromatic nitrogens is 1. The van der Waals surface area contributed by atoms with Gasteiger partial charge in [-0.1, -0.05) is 35.0 Å². The van der Waals surface area contributed by atoms with Crippen molar-refractivity contribution in [2.45, 2.75) is 19.9 Å². The molecular formula is C13H15BrN2S. The van der Waals surface area contributed by atoms with Crippen LogP contribution >= 0.6 is 27.3 Å². The van der Waals surface area contributed by atoms with E-state index < -0.39 is 0 Å². The summed E-state index contributed by atoms with van der Waals surface area (Å²) in [6, 6.07) is 6.66. The van der Waals surface area contributed by atoms with Gasteiger partial charge in [-0.25, -0.2) is 4.98 Å². The summed E-state index contributed by atoms with van der Waals surface area (Å²) in [4.78, 5) is 4.40. The first-order valence-corrected chi connectivity index (χ1v) is 7.28. The molecule has 0 radical (unpaired) electrons. The van der Waals surface area contributed by atoms with E-state index in [1.807, 2.05) is 11.6 Å². The zero-order chi connectivity index (χ0) is 12.3. The van der Waals surface area contributed by atoms with Gasteiger partial charge in [0, 0.05) is 16.0 Å². The van der Waals surface area contributed by atoms with Gasteiger partial charge in [0.05, 0.1) is 6.04 Å². The number of aryl methyl sites for hydroxylation is 1. The molecule has 0 bridgehead atoms. The highest BCUT2D eigenvalue weighted by molar-refractivity contribution is 9.10. The molecule has 0 saturated heterocycles. The summed E-state index contributed by atoms with van der Waals surface area (Å²) in [5.74, 6) is 0. The second kappa shape index (κ2) is 5.76. The van der Waals surface area contributed by atoms with Crippen LogP contribution in [0.5, 0.6) is 0 Å². The van der Waals surface area contributed by atoms with E-state index in [4.69, 9.17) is 0 Å². The second-order valence-corrected chi connectivity index (χ2v) is 5.65. The van der Waals surface area contributed by atoms with Gasteiger partial charge >= 0.3 is 0 Å². The Labute approximate surface area is 114 Å². The number of halogens is 1. The van der Waals surface area contributed by atoms with E-state index in [2.05, 4.69) is 58.3 Å². The summed E-state index contributed by atoms with van der Waals surface area (Å²) in [6.07, 6.45) is 1.85. The number of benzene rings is 1. The van der Waals surface area contributed by atoms with E-state index in [9.17, 15) is 0 Å². The van der Waals surface area contributed by atoms with Crippen LogP contribution in [0.4, 0.5) is 0 Å². The number of rotatable bonds is 4. The van der Waals surface area contributed by atoms with Crippen LogP contribution in [0.25, 0.3) is 0 Å². The molecule has 2 aromatic rings. The van der Waals surface area contributed by atoms with Crippen molar-refractivity contribution < 1.29 is 0 Å². The van der Waals surface area contributed by atoms with Gasteiger partial charge in [-0.05, 0) is 30.7 Å². The van der Waals surface area contributed by atoms with Gasteiger partial charge in [-0.15, -0.1) is 11.3 Å². The normalized spacial score (nSPS) is 12.6. The van der Waals surface area contributed by atoms with Gasteiger partial charge in [0.1, 0.15) is 5.01 Å². The van der Waals surface area contributed by atoms with Crippen molar-refractivity contribution in [3.8, 4) is 0 Å². The minimum absolute atomic E-state index is 0.192. The summed E-state index contributed by atoms with van der Waals surface area (Å²) in [6.45, 7) is 5.14. The van der Waals surface area contributed by atoms with Crippen LogP contribution < -0.4 is 5.32 Å². The van der Waals surface area contributed by atoms with Gasteiger partial charge in [0.2, 0.25) is 0 Å². The standard InChI is InChI=1S/C13H15BrN2S/c1-3-15-12(13-16-6-7-17-13)10-5-4-9(2)11(14)8-10/h4-8,12,15H,3H2,1-2H3. The van der Waals surface area contributed by atoms with Crippen LogP contribution in [-0.2, 0) is 0 Å². The SMILES string of the molecule is CCNC(c1ccc(C)c(Br)c1)c1nccs1. The molecule has 0 amide bonds. The Kier molecular flexibility index (Phi) is 4.31. The lowest BCUT2D eigenvalue weighted by Crippen LogP contribution is -2.21. The highest BCUT2D eigenvalue weighted by atomic mass is 79.9. The molecule has 0 saturated carbocycles. The van der Waals surface area contributed by atoms with Crippen LogP contribution in [0, 0.1) is 6.92 Å². The molecule has 17 heavy (non-hydrogen) atoms. The summed E-state index contributed by atoms with van der Waals surface area (Å²) >= 11 is 5.27. The van der Waals surface area contributed by atoms with Crippen molar-refractivity contribution in [2.75, 3.05) is 6.54 Å². The summed E-state index contributed by atoms with van der Waals surface area (Å²) in [5, 5.41) is 6.61. The first-order valence-electron chi connectivity index (χ1n) is 5.61. The number of hydrogen-bond acceptors (Lipinski definition) is 3. The Morgan fingerprint density at radius 1 is 1.47 bits per heavy atom. The lowest BCUT2D eigenvalue weighted by atomic mass is 10.1. The molecule has 4 heteroatoms. The van der Waals surface area contributed by atoms with E-state index in [0.717, 1.165) is 16.0 Å². The molecule has 0 aliphatic rings. The predicted octanol–water partition coefficient (Wildman–Crippen LogP) is 3.91. The molecular weight excluding hydrogens is 296 g/mol. The maximum Gasteiger partial charge on any atom is 0.114 e. The Morgan fingerprint density at radius 2 is 2.29 bits per heavy atom. The molecule has 0 aliphatic carbocycles. The third-order valence-electron chi connectivity index (χ3n) is 2.64. The van der Waals surface area contributed by atoms with Crippen molar-refractivity contribution in [3.63, 3.8) is 0 Å². The molecule has 0 spiro atoms. The van der Waals surface area contributed by atoms with Crippen LogP contribution in [0.15, 0.2) is 34.2 Å². The largest absolute Gasteiger partial charge is 0.305 e. The first kappa shape index (κ1) is 12.7. The number of nitrogens with zero attached hydrogens (tertiary/aromatic N) is 1. The molecule has 2 nitrogen and oxygen atoms in total. The Bertz CT molecular complexity index is 482. The van der Waals surface area contributed by atoms with Gasteiger partial charge in [0.15, 0.2) is 0 Å². The second-order valence-electron chi connectivity index (χ2n) is 3.87. The molecule has 1 atom stereocenters. The lowest BCUT2D eigenvalue weighted by Gasteiger charge is -2.16.